The van der Waals surface area contributed by atoms with E-state index in [4.69, 9.17) is 0 Å². The van der Waals surface area contributed by atoms with Crippen LogP contribution in [0, 0.1) is 20.8 Å². The molecule has 2 aromatic rings. The lowest BCUT2D eigenvalue weighted by molar-refractivity contribution is -0.121. The molecule has 1 atom stereocenters. The van der Waals surface area contributed by atoms with E-state index in [0.29, 0.717) is 12.5 Å². The predicted octanol–water partition coefficient (Wildman–Crippen LogP) is 2.69. The fourth-order valence-electron chi connectivity index (χ4n) is 3.43. The van der Waals surface area contributed by atoms with Gasteiger partial charge in [-0.1, -0.05) is 29.8 Å². The van der Waals surface area contributed by atoms with E-state index in [9.17, 15) is 4.79 Å². The van der Waals surface area contributed by atoms with Crippen LogP contribution in [0.3, 0.4) is 0 Å². The van der Waals surface area contributed by atoms with Gasteiger partial charge < -0.3 is 10.6 Å². The normalized spacial score (nSPS) is 16.3. The molecule has 1 aliphatic rings. The number of nitrogens with one attached hydrogen (secondary N) is 2. The smallest absolute Gasteiger partial charge is 0.220 e. The molecule has 5 nitrogen and oxygen atoms in total. The maximum absolute atomic E-state index is 12.2. The third-order valence-corrected chi connectivity index (χ3v) is 5.01. The van der Waals surface area contributed by atoms with Gasteiger partial charge in [-0.25, -0.2) is 0 Å². The number of nitrogens with zero attached hydrogens (tertiary/aromatic N) is 2. The first-order valence-corrected chi connectivity index (χ1v) is 9.11. The molecular weight excluding hydrogens is 348 g/mol. The van der Waals surface area contributed by atoms with Crippen molar-refractivity contribution in [1.29, 1.82) is 0 Å². The molecule has 1 fully saturated rings. The number of carbonyl (C=O) groups excluding carboxylic acids is 1. The van der Waals surface area contributed by atoms with Gasteiger partial charge in [-0.15, -0.1) is 12.4 Å². The van der Waals surface area contributed by atoms with Crippen LogP contribution in [0.2, 0.25) is 0 Å². The lowest BCUT2D eigenvalue weighted by Gasteiger charge is -2.11. The Morgan fingerprint density at radius 2 is 2.00 bits per heavy atom. The second-order valence-corrected chi connectivity index (χ2v) is 7.05. The van der Waals surface area contributed by atoms with Crippen molar-refractivity contribution in [3.8, 4) is 0 Å². The second kappa shape index (κ2) is 9.19. The second-order valence-electron chi connectivity index (χ2n) is 7.05. The van der Waals surface area contributed by atoms with Crippen LogP contribution in [0.5, 0.6) is 0 Å². The lowest BCUT2D eigenvalue weighted by atomic mass is 10.1. The first kappa shape index (κ1) is 20.5. The Morgan fingerprint density at radius 3 is 2.65 bits per heavy atom. The molecule has 0 aliphatic carbocycles. The van der Waals surface area contributed by atoms with Crippen molar-refractivity contribution < 1.29 is 4.79 Å². The average Bonchev–Trinajstić information content (AvgIpc) is 3.17. The van der Waals surface area contributed by atoms with Crippen molar-refractivity contribution >= 4 is 18.3 Å². The zero-order chi connectivity index (χ0) is 17.8. The van der Waals surface area contributed by atoms with E-state index in [-0.39, 0.29) is 18.3 Å². The van der Waals surface area contributed by atoms with Crippen molar-refractivity contribution in [3.05, 3.63) is 52.3 Å². The molecule has 1 aromatic carbocycles. The molecule has 1 amide bonds. The van der Waals surface area contributed by atoms with Gasteiger partial charge in [0.15, 0.2) is 0 Å². The Kier molecular flexibility index (Phi) is 7.23. The topological polar surface area (TPSA) is 59.0 Å². The van der Waals surface area contributed by atoms with E-state index < -0.39 is 0 Å². The number of hydrogen-bond acceptors (Lipinski definition) is 3. The number of carbonyl (C=O) groups is 1. The minimum absolute atomic E-state index is 0. The largest absolute Gasteiger partial charge is 0.352 e. The van der Waals surface area contributed by atoms with Crippen molar-refractivity contribution in [2.45, 2.75) is 52.6 Å². The van der Waals surface area contributed by atoms with Crippen molar-refractivity contribution in [1.82, 2.24) is 20.4 Å². The zero-order valence-electron chi connectivity index (χ0n) is 15.8. The van der Waals surface area contributed by atoms with Crippen LogP contribution >= 0.6 is 12.4 Å². The molecule has 142 valence electrons. The molecule has 1 unspecified atom stereocenters. The van der Waals surface area contributed by atoms with Gasteiger partial charge in [0.2, 0.25) is 5.91 Å². The van der Waals surface area contributed by atoms with E-state index in [2.05, 4.69) is 53.8 Å². The molecule has 2 heterocycles. The number of aromatic nitrogens is 2. The van der Waals surface area contributed by atoms with Gasteiger partial charge in [0, 0.05) is 24.7 Å². The van der Waals surface area contributed by atoms with Crippen LogP contribution < -0.4 is 10.6 Å². The van der Waals surface area contributed by atoms with E-state index in [1.54, 1.807) is 0 Å². The summed E-state index contributed by atoms with van der Waals surface area (Å²) in [6, 6.07) is 8.84. The van der Waals surface area contributed by atoms with Gasteiger partial charge in [0.25, 0.3) is 0 Å². The Balaban J connectivity index is 0.00000243. The highest BCUT2D eigenvalue weighted by Crippen LogP contribution is 2.17. The quantitative estimate of drug-likeness (QED) is 0.814. The lowest BCUT2D eigenvalue weighted by Crippen LogP contribution is -2.36. The highest BCUT2D eigenvalue weighted by molar-refractivity contribution is 5.85. The van der Waals surface area contributed by atoms with E-state index in [1.165, 1.54) is 16.7 Å². The number of benzene rings is 1. The maximum Gasteiger partial charge on any atom is 0.220 e. The molecule has 0 spiro atoms. The molecule has 26 heavy (non-hydrogen) atoms. The number of halogens is 1. The van der Waals surface area contributed by atoms with Gasteiger partial charge >= 0.3 is 0 Å². The Labute approximate surface area is 162 Å². The Morgan fingerprint density at radius 1 is 1.27 bits per heavy atom. The summed E-state index contributed by atoms with van der Waals surface area (Å²) >= 11 is 0. The van der Waals surface area contributed by atoms with Gasteiger partial charge in [-0.2, -0.15) is 5.10 Å². The summed E-state index contributed by atoms with van der Waals surface area (Å²) in [6.45, 7) is 8.88. The average molecular weight is 377 g/mol. The van der Waals surface area contributed by atoms with Crippen LogP contribution in [-0.2, 0) is 17.8 Å². The monoisotopic (exact) mass is 376 g/mol. The van der Waals surface area contributed by atoms with Gasteiger partial charge in [0.1, 0.15) is 0 Å². The number of rotatable bonds is 6. The number of hydrogen-bond donors (Lipinski definition) is 2. The summed E-state index contributed by atoms with van der Waals surface area (Å²) in [5.41, 5.74) is 5.90. The fourth-order valence-corrected chi connectivity index (χ4v) is 3.43. The van der Waals surface area contributed by atoms with Crippen LogP contribution in [0.4, 0.5) is 0 Å². The standard InChI is InChI=1S/C20H28N4O.ClH/c1-14-4-6-17(7-5-14)13-24-16(3)19(15(2)23-24)8-9-20(25)22-18-10-11-21-12-18;/h4-7,18,21H,8-13H2,1-3H3,(H,22,25);1H. The first-order chi connectivity index (χ1) is 12.0. The maximum atomic E-state index is 12.2. The fraction of sp³-hybridized carbons (Fsp3) is 0.500. The van der Waals surface area contributed by atoms with Crippen LogP contribution in [0.15, 0.2) is 24.3 Å². The molecule has 1 saturated heterocycles. The minimum atomic E-state index is 0. The molecule has 0 bridgehead atoms. The van der Waals surface area contributed by atoms with E-state index in [0.717, 1.165) is 43.9 Å². The molecule has 3 rings (SSSR count). The summed E-state index contributed by atoms with van der Waals surface area (Å²) in [6.07, 6.45) is 2.30. The Hall–Kier alpha value is -1.85. The summed E-state index contributed by atoms with van der Waals surface area (Å²) in [7, 11) is 0. The van der Waals surface area contributed by atoms with E-state index >= 15 is 0 Å². The summed E-state index contributed by atoms with van der Waals surface area (Å²) in [5.74, 6) is 0.138. The highest BCUT2D eigenvalue weighted by Gasteiger charge is 2.18. The van der Waals surface area contributed by atoms with Crippen LogP contribution in [0.1, 0.15) is 40.9 Å². The predicted molar refractivity (Wildman–Crippen MR) is 107 cm³/mol. The minimum Gasteiger partial charge on any atom is -0.352 e. The summed E-state index contributed by atoms with van der Waals surface area (Å²) in [5, 5.41) is 11.1. The van der Waals surface area contributed by atoms with Crippen molar-refractivity contribution in [2.75, 3.05) is 13.1 Å². The first-order valence-electron chi connectivity index (χ1n) is 9.11. The van der Waals surface area contributed by atoms with Gasteiger partial charge in [0.05, 0.1) is 12.2 Å². The van der Waals surface area contributed by atoms with Gasteiger partial charge in [-0.05, 0) is 51.3 Å². The molecule has 0 saturated carbocycles. The van der Waals surface area contributed by atoms with Gasteiger partial charge in [-0.3, -0.25) is 9.48 Å². The third kappa shape index (κ3) is 5.08. The number of amides is 1. The van der Waals surface area contributed by atoms with Crippen LogP contribution in [-0.4, -0.2) is 34.8 Å². The third-order valence-electron chi connectivity index (χ3n) is 5.01. The molecule has 6 heteroatoms. The highest BCUT2D eigenvalue weighted by atomic mass is 35.5. The molecule has 0 radical (unpaired) electrons. The molecule has 1 aromatic heterocycles. The zero-order valence-corrected chi connectivity index (χ0v) is 16.7. The van der Waals surface area contributed by atoms with Crippen molar-refractivity contribution in [2.24, 2.45) is 0 Å². The van der Waals surface area contributed by atoms with E-state index in [1.807, 2.05) is 11.6 Å². The molecular formula is C20H29ClN4O. The SMILES string of the molecule is Cc1ccc(Cn2nc(C)c(CCC(=O)NC3CCNC3)c2C)cc1.Cl. The molecule has 1 aliphatic heterocycles. The van der Waals surface area contributed by atoms with Crippen LogP contribution in [0.25, 0.3) is 0 Å². The molecule has 2 N–H and O–H groups in total. The summed E-state index contributed by atoms with van der Waals surface area (Å²) in [4.78, 5) is 12.2. The number of aryl methyl sites for hydroxylation is 2. The van der Waals surface area contributed by atoms with Crippen molar-refractivity contribution in [3.63, 3.8) is 0 Å². The summed E-state index contributed by atoms with van der Waals surface area (Å²) < 4.78 is 2.05. The Bertz CT molecular complexity index is 733.